The summed E-state index contributed by atoms with van der Waals surface area (Å²) in [5.74, 6) is 0.799. The van der Waals surface area contributed by atoms with Crippen LogP contribution in [0, 0.1) is 5.92 Å². The van der Waals surface area contributed by atoms with E-state index in [9.17, 15) is 0 Å². The molecule has 0 amide bonds. The van der Waals surface area contributed by atoms with Gasteiger partial charge in [-0.25, -0.2) is 0 Å². The van der Waals surface area contributed by atoms with Crippen LogP contribution in [-0.4, -0.2) is 50.8 Å². The number of nitrogens with zero attached hydrogens (tertiary/aromatic N) is 1. The van der Waals surface area contributed by atoms with Gasteiger partial charge in [-0.2, -0.15) is 0 Å². The number of piperazine rings is 1. The minimum atomic E-state index is 0.576. The molecule has 0 bridgehead atoms. The predicted molar refractivity (Wildman–Crippen MR) is 59.6 cm³/mol. The largest absolute Gasteiger partial charge is 0.383 e. The van der Waals surface area contributed by atoms with Crippen molar-refractivity contribution in [2.24, 2.45) is 5.92 Å². The minimum Gasteiger partial charge on any atom is -0.383 e. The quantitative estimate of drug-likeness (QED) is 0.715. The molecule has 1 N–H and O–H groups in total. The smallest absolute Gasteiger partial charge is 0.0630 e. The number of rotatable bonds is 5. The molecule has 84 valence electrons. The van der Waals surface area contributed by atoms with E-state index < -0.39 is 0 Å². The monoisotopic (exact) mass is 200 g/mol. The summed E-state index contributed by atoms with van der Waals surface area (Å²) in [6.45, 7) is 10.0. The highest BCUT2D eigenvalue weighted by molar-refractivity contribution is 4.79. The molecule has 0 aromatic heterocycles. The topological polar surface area (TPSA) is 24.5 Å². The van der Waals surface area contributed by atoms with Crippen molar-refractivity contribution in [2.75, 3.05) is 39.9 Å². The van der Waals surface area contributed by atoms with Crippen molar-refractivity contribution in [1.82, 2.24) is 10.2 Å². The van der Waals surface area contributed by atoms with Gasteiger partial charge in [0.15, 0.2) is 0 Å². The summed E-state index contributed by atoms with van der Waals surface area (Å²) in [6.07, 6.45) is 1.29. The van der Waals surface area contributed by atoms with Crippen LogP contribution in [0.5, 0.6) is 0 Å². The number of nitrogens with one attached hydrogen (secondary N) is 1. The fourth-order valence-electron chi connectivity index (χ4n) is 1.88. The molecule has 1 rings (SSSR count). The molecule has 0 aromatic rings. The van der Waals surface area contributed by atoms with Crippen LogP contribution in [0.25, 0.3) is 0 Å². The van der Waals surface area contributed by atoms with Gasteiger partial charge in [-0.05, 0) is 18.9 Å². The molecule has 1 aliphatic rings. The number of hydrogen-bond acceptors (Lipinski definition) is 3. The van der Waals surface area contributed by atoms with Crippen molar-refractivity contribution in [3.63, 3.8) is 0 Å². The van der Waals surface area contributed by atoms with E-state index in [-0.39, 0.29) is 0 Å². The van der Waals surface area contributed by atoms with Crippen LogP contribution in [0.3, 0.4) is 0 Å². The molecule has 3 nitrogen and oxygen atoms in total. The van der Waals surface area contributed by atoms with Crippen molar-refractivity contribution in [3.05, 3.63) is 0 Å². The van der Waals surface area contributed by atoms with Gasteiger partial charge in [-0.15, -0.1) is 0 Å². The van der Waals surface area contributed by atoms with Crippen LogP contribution >= 0.6 is 0 Å². The molecule has 14 heavy (non-hydrogen) atoms. The van der Waals surface area contributed by atoms with E-state index in [1.807, 2.05) is 0 Å². The van der Waals surface area contributed by atoms with Crippen molar-refractivity contribution >= 4 is 0 Å². The Morgan fingerprint density at radius 3 is 2.93 bits per heavy atom. The molecule has 1 atom stereocenters. The third-order valence-corrected chi connectivity index (χ3v) is 2.82. The third kappa shape index (κ3) is 3.95. The number of hydrogen-bond donors (Lipinski definition) is 1. The first-order chi connectivity index (χ1) is 6.74. The first kappa shape index (κ1) is 12.0. The third-order valence-electron chi connectivity index (χ3n) is 2.82. The van der Waals surface area contributed by atoms with E-state index in [4.69, 9.17) is 4.74 Å². The summed E-state index contributed by atoms with van der Waals surface area (Å²) < 4.78 is 5.24. The van der Waals surface area contributed by atoms with E-state index in [0.717, 1.165) is 25.6 Å². The van der Waals surface area contributed by atoms with Crippen LogP contribution in [-0.2, 0) is 4.74 Å². The second kappa shape index (κ2) is 6.38. The number of ether oxygens (including phenoxy) is 1. The fraction of sp³-hybridized carbons (Fsp3) is 1.00. The van der Waals surface area contributed by atoms with Crippen LogP contribution in [0.4, 0.5) is 0 Å². The molecule has 0 aliphatic carbocycles. The van der Waals surface area contributed by atoms with Crippen molar-refractivity contribution < 1.29 is 4.74 Å². The normalized spacial score (nSPS) is 24.4. The van der Waals surface area contributed by atoms with Crippen LogP contribution < -0.4 is 5.32 Å². The Balaban J connectivity index is 2.30. The maximum absolute atomic E-state index is 5.24. The molecule has 0 radical (unpaired) electrons. The van der Waals surface area contributed by atoms with E-state index in [0.29, 0.717) is 6.04 Å². The van der Waals surface area contributed by atoms with Crippen molar-refractivity contribution in [3.8, 4) is 0 Å². The summed E-state index contributed by atoms with van der Waals surface area (Å²) in [6, 6.07) is 0.576. The Kier molecular flexibility index (Phi) is 5.45. The molecule has 1 aliphatic heterocycles. The maximum atomic E-state index is 5.24. The SMILES string of the molecule is COCC1CNCCN1CCC(C)C. The van der Waals surface area contributed by atoms with Gasteiger partial charge in [-0.3, -0.25) is 4.90 Å². The molecule has 1 saturated heterocycles. The second-order valence-electron chi connectivity index (χ2n) is 4.53. The lowest BCUT2D eigenvalue weighted by molar-refractivity contribution is 0.0706. The molecular formula is C11H24N2O. The first-order valence-electron chi connectivity index (χ1n) is 5.67. The fourth-order valence-corrected chi connectivity index (χ4v) is 1.88. The summed E-state index contributed by atoms with van der Waals surface area (Å²) in [4.78, 5) is 2.56. The van der Waals surface area contributed by atoms with E-state index >= 15 is 0 Å². The molecular weight excluding hydrogens is 176 g/mol. The Morgan fingerprint density at radius 1 is 1.50 bits per heavy atom. The minimum absolute atomic E-state index is 0.576. The first-order valence-corrected chi connectivity index (χ1v) is 5.67. The lowest BCUT2D eigenvalue weighted by Crippen LogP contribution is -2.53. The lowest BCUT2D eigenvalue weighted by atomic mass is 10.1. The van der Waals surface area contributed by atoms with E-state index in [1.165, 1.54) is 19.5 Å². The molecule has 3 heteroatoms. The molecule has 1 heterocycles. The van der Waals surface area contributed by atoms with Crippen LogP contribution in [0.2, 0.25) is 0 Å². The highest BCUT2D eigenvalue weighted by atomic mass is 16.5. The zero-order chi connectivity index (χ0) is 10.4. The predicted octanol–water partition coefficient (Wildman–Crippen LogP) is 0.953. The lowest BCUT2D eigenvalue weighted by Gasteiger charge is -2.36. The van der Waals surface area contributed by atoms with E-state index in [1.54, 1.807) is 7.11 Å². The molecule has 0 spiro atoms. The Labute approximate surface area is 87.8 Å². The average molecular weight is 200 g/mol. The van der Waals surface area contributed by atoms with Gasteiger partial charge in [-0.1, -0.05) is 13.8 Å². The molecule has 0 aromatic carbocycles. The van der Waals surface area contributed by atoms with Gasteiger partial charge in [0.1, 0.15) is 0 Å². The Bertz CT molecular complexity index is 148. The second-order valence-corrected chi connectivity index (χ2v) is 4.53. The van der Waals surface area contributed by atoms with Crippen molar-refractivity contribution in [2.45, 2.75) is 26.3 Å². The zero-order valence-electron chi connectivity index (χ0n) is 9.75. The van der Waals surface area contributed by atoms with E-state index in [2.05, 4.69) is 24.1 Å². The van der Waals surface area contributed by atoms with Gasteiger partial charge >= 0.3 is 0 Å². The van der Waals surface area contributed by atoms with Gasteiger partial charge in [0.25, 0.3) is 0 Å². The Morgan fingerprint density at radius 2 is 2.29 bits per heavy atom. The van der Waals surface area contributed by atoms with Crippen LogP contribution in [0.1, 0.15) is 20.3 Å². The highest BCUT2D eigenvalue weighted by Gasteiger charge is 2.21. The molecule has 1 unspecified atom stereocenters. The summed E-state index contributed by atoms with van der Waals surface area (Å²) >= 11 is 0. The van der Waals surface area contributed by atoms with Gasteiger partial charge < -0.3 is 10.1 Å². The van der Waals surface area contributed by atoms with Crippen molar-refractivity contribution in [1.29, 1.82) is 0 Å². The van der Waals surface area contributed by atoms with Gasteiger partial charge in [0.05, 0.1) is 6.61 Å². The summed E-state index contributed by atoms with van der Waals surface area (Å²) in [5.41, 5.74) is 0. The summed E-state index contributed by atoms with van der Waals surface area (Å²) in [7, 11) is 1.79. The zero-order valence-corrected chi connectivity index (χ0v) is 9.75. The van der Waals surface area contributed by atoms with Gasteiger partial charge in [0.2, 0.25) is 0 Å². The highest BCUT2D eigenvalue weighted by Crippen LogP contribution is 2.08. The Hall–Kier alpha value is -0.120. The average Bonchev–Trinajstić information content (AvgIpc) is 2.17. The maximum Gasteiger partial charge on any atom is 0.0630 e. The molecule has 0 saturated carbocycles. The summed E-state index contributed by atoms with van der Waals surface area (Å²) in [5, 5.41) is 3.42. The van der Waals surface area contributed by atoms with Gasteiger partial charge in [0, 0.05) is 32.8 Å². The standard InChI is InChI=1S/C11H24N2O/c1-10(2)4-6-13-7-5-12-8-11(13)9-14-3/h10-12H,4-9H2,1-3H3. The molecule has 1 fully saturated rings. The van der Waals surface area contributed by atoms with Crippen LogP contribution in [0.15, 0.2) is 0 Å². The number of methoxy groups -OCH3 is 1.